The van der Waals surface area contributed by atoms with Crippen LogP contribution in [0.2, 0.25) is 0 Å². The van der Waals surface area contributed by atoms with Gasteiger partial charge in [0, 0.05) is 44.4 Å². The van der Waals surface area contributed by atoms with E-state index in [9.17, 15) is 4.79 Å². The van der Waals surface area contributed by atoms with Crippen molar-refractivity contribution in [1.82, 2.24) is 24.6 Å². The first-order chi connectivity index (χ1) is 13.2. The molecule has 0 N–H and O–H groups in total. The summed E-state index contributed by atoms with van der Waals surface area (Å²) in [5, 5.41) is 4.52. The molecule has 4 heterocycles. The smallest absolute Gasteiger partial charge is 0.226 e. The summed E-state index contributed by atoms with van der Waals surface area (Å²) in [5.41, 5.74) is 3.04. The number of anilines is 1. The molecular formula is C20H26N6O. The van der Waals surface area contributed by atoms with Crippen LogP contribution in [0.4, 0.5) is 5.95 Å². The fraction of sp³-hybridized carbons (Fsp3) is 0.600. The first kappa shape index (κ1) is 16.7. The van der Waals surface area contributed by atoms with Crippen molar-refractivity contribution in [1.29, 1.82) is 0 Å². The molecule has 2 aromatic rings. The van der Waals surface area contributed by atoms with Crippen molar-refractivity contribution >= 4 is 11.9 Å². The van der Waals surface area contributed by atoms with Crippen molar-refractivity contribution in [3.63, 3.8) is 0 Å². The fourth-order valence-corrected chi connectivity index (χ4v) is 4.49. The molecule has 2 saturated heterocycles. The molecule has 27 heavy (non-hydrogen) atoms. The summed E-state index contributed by atoms with van der Waals surface area (Å²) >= 11 is 0. The van der Waals surface area contributed by atoms with Gasteiger partial charge in [-0.25, -0.2) is 9.97 Å². The number of carbonyl (C=O) groups excluding carboxylic acids is 1. The SMILES string of the molecule is Cn1ncc(-c2ccnc(N3CCCC3)n2)c1C1CCCN1C(=O)C1CC1. The van der Waals surface area contributed by atoms with Crippen LogP contribution in [-0.4, -0.2) is 50.2 Å². The number of likely N-dealkylation sites (tertiary alicyclic amines) is 1. The molecule has 7 heteroatoms. The molecular weight excluding hydrogens is 340 g/mol. The zero-order valence-electron chi connectivity index (χ0n) is 15.8. The fourth-order valence-electron chi connectivity index (χ4n) is 4.49. The maximum Gasteiger partial charge on any atom is 0.226 e. The molecule has 3 aliphatic rings. The lowest BCUT2D eigenvalue weighted by atomic mass is 10.0. The zero-order chi connectivity index (χ0) is 18.4. The van der Waals surface area contributed by atoms with E-state index < -0.39 is 0 Å². The van der Waals surface area contributed by atoms with Gasteiger partial charge in [0.2, 0.25) is 11.9 Å². The van der Waals surface area contributed by atoms with Gasteiger partial charge in [0.15, 0.2) is 0 Å². The van der Waals surface area contributed by atoms with Gasteiger partial charge < -0.3 is 9.80 Å². The Balaban J connectivity index is 1.50. The van der Waals surface area contributed by atoms with Gasteiger partial charge in [-0.05, 0) is 44.6 Å². The molecule has 142 valence electrons. The predicted molar refractivity (Wildman–Crippen MR) is 102 cm³/mol. The monoisotopic (exact) mass is 366 g/mol. The van der Waals surface area contributed by atoms with Crippen LogP contribution in [0, 0.1) is 5.92 Å². The molecule has 0 aromatic carbocycles. The number of aryl methyl sites for hydroxylation is 1. The van der Waals surface area contributed by atoms with E-state index in [2.05, 4.69) is 19.9 Å². The number of aromatic nitrogens is 4. The van der Waals surface area contributed by atoms with Crippen LogP contribution < -0.4 is 4.90 Å². The molecule has 1 unspecified atom stereocenters. The molecule has 7 nitrogen and oxygen atoms in total. The van der Waals surface area contributed by atoms with E-state index in [1.165, 1.54) is 12.8 Å². The van der Waals surface area contributed by atoms with E-state index in [1.54, 1.807) is 0 Å². The Kier molecular flexibility index (Phi) is 4.10. The van der Waals surface area contributed by atoms with Crippen molar-refractivity contribution in [3.8, 4) is 11.3 Å². The molecule has 1 aliphatic carbocycles. The van der Waals surface area contributed by atoms with Crippen LogP contribution >= 0.6 is 0 Å². The van der Waals surface area contributed by atoms with Gasteiger partial charge in [-0.2, -0.15) is 5.10 Å². The molecule has 2 aliphatic heterocycles. The molecule has 0 bridgehead atoms. The summed E-state index contributed by atoms with van der Waals surface area (Å²) in [4.78, 5) is 26.4. The largest absolute Gasteiger partial charge is 0.341 e. The summed E-state index contributed by atoms with van der Waals surface area (Å²) in [5.74, 6) is 1.38. The Morgan fingerprint density at radius 3 is 2.70 bits per heavy atom. The summed E-state index contributed by atoms with van der Waals surface area (Å²) in [6.45, 7) is 2.90. The van der Waals surface area contributed by atoms with Gasteiger partial charge in [-0.1, -0.05) is 0 Å². The van der Waals surface area contributed by atoms with Crippen LogP contribution in [0.1, 0.15) is 50.3 Å². The van der Waals surface area contributed by atoms with Crippen molar-refractivity contribution in [2.45, 2.75) is 44.6 Å². The average molecular weight is 366 g/mol. The lowest BCUT2D eigenvalue weighted by Crippen LogP contribution is -2.32. The Labute approximate surface area is 159 Å². The van der Waals surface area contributed by atoms with Gasteiger partial charge in [-0.15, -0.1) is 0 Å². The van der Waals surface area contributed by atoms with Gasteiger partial charge in [0.25, 0.3) is 0 Å². The van der Waals surface area contributed by atoms with E-state index in [-0.39, 0.29) is 12.0 Å². The standard InChI is InChI=1S/C20H26N6O/c1-24-18(17-5-4-12-26(17)19(27)14-6-7-14)15(13-22-24)16-8-9-21-20(23-16)25-10-2-3-11-25/h8-9,13-14,17H,2-7,10-12H2,1H3. The molecule has 1 atom stereocenters. The number of hydrogen-bond acceptors (Lipinski definition) is 5. The van der Waals surface area contributed by atoms with Gasteiger partial charge in [0.1, 0.15) is 0 Å². The highest BCUT2D eigenvalue weighted by Crippen LogP contribution is 2.41. The minimum Gasteiger partial charge on any atom is -0.341 e. The number of rotatable bonds is 4. The first-order valence-electron chi connectivity index (χ1n) is 10.1. The van der Waals surface area contributed by atoms with Gasteiger partial charge in [-0.3, -0.25) is 9.48 Å². The van der Waals surface area contributed by atoms with Gasteiger partial charge in [0.05, 0.1) is 23.6 Å². The van der Waals surface area contributed by atoms with E-state index in [0.717, 1.165) is 68.2 Å². The van der Waals surface area contributed by atoms with Gasteiger partial charge >= 0.3 is 0 Å². The highest BCUT2D eigenvalue weighted by atomic mass is 16.2. The Bertz CT molecular complexity index is 852. The molecule has 5 rings (SSSR count). The summed E-state index contributed by atoms with van der Waals surface area (Å²) in [6, 6.07) is 2.06. The molecule has 0 spiro atoms. The van der Waals surface area contributed by atoms with Crippen LogP contribution in [0.15, 0.2) is 18.5 Å². The summed E-state index contributed by atoms with van der Waals surface area (Å²) in [6.07, 6.45) is 10.3. The van der Waals surface area contributed by atoms with Crippen molar-refractivity contribution in [3.05, 3.63) is 24.2 Å². The molecule has 2 aromatic heterocycles. The quantitative estimate of drug-likeness (QED) is 0.832. The predicted octanol–water partition coefficient (Wildman–Crippen LogP) is 2.55. The number of amides is 1. The Morgan fingerprint density at radius 2 is 1.93 bits per heavy atom. The highest BCUT2D eigenvalue weighted by Gasteiger charge is 2.40. The van der Waals surface area contributed by atoms with E-state index in [0.29, 0.717) is 5.91 Å². The van der Waals surface area contributed by atoms with Crippen LogP contribution in [0.3, 0.4) is 0 Å². The van der Waals surface area contributed by atoms with E-state index in [4.69, 9.17) is 4.98 Å². The van der Waals surface area contributed by atoms with Crippen molar-refractivity contribution in [2.75, 3.05) is 24.5 Å². The van der Waals surface area contributed by atoms with E-state index in [1.807, 2.05) is 30.2 Å². The Hall–Kier alpha value is -2.44. The van der Waals surface area contributed by atoms with E-state index >= 15 is 0 Å². The molecule has 1 amide bonds. The maximum absolute atomic E-state index is 12.8. The highest BCUT2D eigenvalue weighted by molar-refractivity contribution is 5.82. The number of nitrogens with zero attached hydrogens (tertiary/aromatic N) is 6. The topological polar surface area (TPSA) is 67.2 Å². The first-order valence-corrected chi connectivity index (χ1v) is 10.1. The normalized spacial score (nSPS) is 22.6. The number of hydrogen-bond donors (Lipinski definition) is 0. The lowest BCUT2D eigenvalue weighted by Gasteiger charge is -2.26. The minimum atomic E-state index is 0.103. The van der Waals surface area contributed by atoms with Crippen LogP contribution in [0.5, 0.6) is 0 Å². The average Bonchev–Trinajstić information content (AvgIpc) is 3.09. The summed E-state index contributed by atoms with van der Waals surface area (Å²) < 4.78 is 1.93. The number of carbonyl (C=O) groups is 1. The lowest BCUT2D eigenvalue weighted by molar-refractivity contribution is -0.133. The second kappa shape index (κ2) is 6.62. The summed E-state index contributed by atoms with van der Waals surface area (Å²) in [7, 11) is 1.97. The third-order valence-corrected chi connectivity index (χ3v) is 6.07. The van der Waals surface area contributed by atoms with Crippen molar-refractivity contribution < 1.29 is 4.79 Å². The minimum absolute atomic E-state index is 0.103. The second-order valence-electron chi connectivity index (χ2n) is 7.97. The third kappa shape index (κ3) is 2.99. The molecule has 1 saturated carbocycles. The third-order valence-electron chi connectivity index (χ3n) is 6.07. The molecule has 0 radical (unpaired) electrons. The second-order valence-corrected chi connectivity index (χ2v) is 7.97. The van der Waals surface area contributed by atoms with Crippen LogP contribution in [-0.2, 0) is 11.8 Å². The molecule has 3 fully saturated rings. The van der Waals surface area contributed by atoms with Crippen LogP contribution in [0.25, 0.3) is 11.3 Å². The maximum atomic E-state index is 12.8. The van der Waals surface area contributed by atoms with Crippen molar-refractivity contribution in [2.24, 2.45) is 13.0 Å². The Morgan fingerprint density at radius 1 is 1.11 bits per heavy atom. The zero-order valence-corrected chi connectivity index (χ0v) is 15.8.